The van der Waals surface area contributed by atoms with E-state index in [9.17, 15) is 18.9 Å². The monoisotopic (exact) mass is 379 g/mol. The van der Waals surface area contributed by atoms with Crippen LogP contribution in [0.15, 0.2) is 0 Å². The SMILES string of the molecule is CCCCCCCN(CP(=O)([O-])[O-])CP(=O)(O)O.[K+].[K+]. The van der Waals surface area contributed by atoms with Gasteiger partial charge in [-0.3, -0.25) is 9.46 Å². The molecule has 0 rings (SSSR count). The van der Waals surface area contributed by atoms with Crippen LogP contribution >= 0.6 is 15.2 Å². The molecule has 0 spiro atoms. The van der Waals surface area contributed by atoms with Gasteiger partial charge in [0.25, 0.3) is 0 Å². The van der Waals surface area contributed by atoms with E-state index in [-0.39, 0.29) is 109 Å². The van der Waals surface area contributed by atoms with Gasteiger partial charge in [-0.2, -0.15) is 0 Å². The quantitative estimate of drug-likeness (QED) is 0.220. The minimum Gasteiger partial charge on any atom is -0.810 e. The van der Waals surface area contributed by atoms with Crippen LogP contribution in [0.25, 0.3) is 0 Å². The summed E-state index contributed by atoms with van der Waals surface area (Å²) in [6, 6.07) is 0. The normalized spacial score (nSPS) is 11.9. The van der Waals surface area contributed by atoms with Crippen LogP contribution < -0.4 is 113 Å². The number of nitrogens with zero attached hydrogens (tertiary/aromatic N) is 1. The van der Waals surface area contributed by atoms with Crippen LogP contribution in [0.3, 0.4) is 0 Å². The van der Waals surface area contributed by atoms with Crippen molar-refractivity contribution in [3.05, 3.63) is 0 Å². The van der Waals surface area contributed by atoms with E-state index in [1.807, 2.05) is 0 Å². The molecule has 2 N–H and O–H groups in total. The Morgan fingerprint density at radius 2 is 1.45 bits per heavy atom. The van der Waals surface area contributed by atoms with Crippen molar-refractivity contribution in [2.24, 2.45) is 0 Å². The van der Waals surface area contributed by atoms with Crippen molar-refractivity contribution in [2.45, 2.75) is 39.0 Å². The molecule has 0 aromatic heterocycles. The van der Waals surface area contributed by atoms with Gasteiger partial charge in [-0.25, -0.2) is 0 Å². The summed E-state index contributed by atoms with van der Waals surface area (Å²) in [5.41, 5.74) is 0. The number of hydrogen-bond acceptors (Lipinski definition) is 5. The first kappa shape index (κ1) is 28.3. The summed E-state index contributed by atoms with van der Waals surface area (Å²) in [6.45, 7) is 2.27. The van der Waals surface area contributed by atoms with E-state index in [0.717, 1.165) is 30.6 Å². The Balaban J connectivity index is -0.00000144. The summed E-state index contributed by atoms with van der Waals surface area (Å²) >= 11 is 0. The largest absolute Gasteiger partial charge is 1.00 e. The molecule has 0 saturated heterocycles. The number of unbranched alkanes of at least 4 members (excludes halogenated alkanes) is 4. The Hall–Kier alpha value is 3.53. The molecule has 0 radical (unpaired) electrons. The van der Waals surface area contributed by atoms with Gasteiger partial charge in [-0.05, 0) is 13.0 Å². The third-order valence-corrected chi connectivity index (χ3v) is 3.85. The van der Waals surface area contributed by atoms with Gasteiger partial charge < -0.3 is 24.1 Å². The molecule has 0 atom stereocenters. The Morgan fingerprint density at radius 3 is 1.85 bits per heavy atom. The van der Waals surface area contributed by atoms with Crippen LogP contribution in [0.1, 0.15) is 39.0 Å². The third-order valence-electron chi connectivity index (χ3n) is 2.34. The summed E-state index contributed by atoms with van der Waals surface area (Å²) in [7, 11) is -9.13. The predicted molar refractivity (Wildman–Crippen MR) is 64.8 cm³/mol. The van der Waals surface area contributed by atoms with Gasteiger partial charge in [0.05, 0.1) is 0 Å². The molecule has 0 aliphatic carbocycles. The zero-order valence-electron chi connectivity index (χ0n) is 12.5. The van der Waals surface area contributed by atoms with E-state index in [1.54, 1.807) is 0 Å². The maximum absolute atomic E-state index is 10.8. The van der Waals surface area contributed by atoms with Crippen LogP contribution in [-0.2, 0) is 9.13 Å². The minimum absolute atomic E-state index is 0. The molecule has 110 valence electrons. The van der Waals surface area contributed by atoms with Gasteiger partial charge in [-0.15, -0.1) is 0 Å². The molecule has 0 aliphatic rings. The van der Waals surface area contributed by atoms with Crippen LogP contribution in [-0.4, -0.2) is 33.8 Å². The molecule has 0 unspecified atom stereocenters. The van der Waals surface area contributed by atoms with E-state index < -0.39 is 27.8 Å². The average Bonchev–Trinajstić information content (AvgIpc) is 2.12. The fourth-order valence-corrected chi connectivity index (χ4v) is 3.28. The molecule has 0 bridgehead atoms. The second-order valence-electron chi connectivity index (χ2n) is 4.37. The van der Waals surface area contributed by atoms with Crippen LogP contribution in [0.4, 0.5) is 0 Å². The zero-order chi connectivity index (χ0) is 14.2. The van der Waals surface area contributed by atoms with Gasteiger partial charge in [0.2, 0.25) is 0 Å². The number of rotatable bonds is 10. The Morgan fingerprint density at radius 1 is 0.950 bits per heavy atom. The average molecular weight is 379 g/mol. The van der Waals surface area contributed by atoms with E-state index >= 15 is 0 Å². The van der Waals surface area contributed by atoms with Gasteiger partial charge in [0, 0.05) is 6.29 Å². The Labute approximate surface area is 205 Å². The summed E-state index contributed by atoms with van der Waals surface area (Å²) < 4.78 is 21.5. The molecular weight excluding hydrogens is 358 g/mol. The molecule has 11 heteroatoms. The molecule has 0 aromatic carbocycles. The second-order valence-corrected chi connectivity index (χ2v) is 7.48. The first-order valence-corrected chi connectivity index (χ1v) is 9.44. The van der Waals surface area contributed by atoms with Crippen molar-refractivity contribution < 1.29 is 131 Å². The molecule has 0 heterocycles. The van der Waals surface area contributed by atoms with E-state index in [4.69, 9.17) is 9.79 Å². The second kappa shape index (κ2) is 14.8. The summed E-state index contributed by atoms with van der Waals surface area (Å²) in [5.74, 6) is 0. The van der Waals surface area contributed by atoms with Crippen LogP contribution in [0.2, 0.25) is 0 Å². The van der Waals surface area contributed by atoms with Crippen molar-refractivity contribution in [3.8, 4) is 0 Å². The number of hydrogen-bond donors (Lipinski definition) is 2. The van der Waals surface area contributed by atoms with Gasteiger partial charge in [0.15, 0.2) is 0 Å². The van der Waals surface area contributed by atoms with Crippen molar-refractivity contribution in [1.29, 1.82) is 0 Å². The summed E-state index contributed by atoms with van der Waals surface area (Å²) in [4.78, 5) is 39.9. The molecule has 0 fully saturated rings. The fourth-order valence-electron chi connectivity index (χ4n) is 1.63. The Kier molecular flexibility index (Phi) is 21.0. The maximum atomic E-state index is 10.8. The van der Waals surface area contributed by atoms with Crippen molar-refractivity contribution in [3.63, 3.8) is 0 Å². The standard InChI is InChI=1S/C9H23NO6P2.2K/c1-2-3-4-5-6-7-10(8-17(11,12)13)9-18(14,15)16;;/h2-9H2,1H3,(H2,11,12,13)(H2,14,15,16);;/q;2*+1/p-2. The van der Waals surface area contributed by atoms with E-state index in [1.165, 1.54) is 0 Å². The van der Waals surface area contributed by atoms with Crippen molar-refractivity contribution in [2.75, 3.05) is 19.1 Å². The molecular formula is C9H21K2NO6P2. The maximum Gasteiger partial charge on any atom is 1.00 e. The minimum atomic E-state index is -4.79. The summed E-state index contributed by atoms with van der Waals surface area (Å²) in [6.07, 6.45) is 3.10. The molecule has 0 amide bonds. The predicted octanol–water partition coefficient (Wildman–Crippen LogP) is -5.73. The van der Waals surface area contributed by atoms with Gasteiger partial charge >= 0.3 is 110 Å². The van der Waals surface area contributed by atoms with E-state index in [2.05, 4.69) is 6.92 Å². The zero-order valence-corrected chi connectivity index (χ0v) is 20.6. The van der Waals surface area contributed by atoms with Crippen LogP contribution in [0, 0.1) is 0 Å². The van der Waals surface area contributed by atoms with Gasteiger partial charge in [-0.1, -0.05) is 40.2 Å². The van der Waals surface area contributed by atoms with Crippen molar-refractivity contribution in [1.82, 2.24) is 4.90 Å². The smallest absolute Gasteiger partial charge is 0.810 e. The fraction of sp³-hybridized carbons (Fsp3) is 1.00. The van der Waals surface area contributed by atoms with E-state index in [0.29, 0.717) is 6.42 Å². The first-order valence-electron chi connectivity index (χ1n) is 5.92. The van der Waals surface area contributed by atoms with Crippen LogP contribution in [0.5, 0.6) is 0 Å². The molecule has 7 nitrogen and oxygen atoms in total. The molecule has 0 saturated carbocycles. The molecule has 0 aromatic rings. The first-order chi connectivity index (χ1) is 8.14. The van der Waals surface area contributed by atoms with Gasteiger partial charge in [0.1, 0.15) is 6.29 Å². The Bertz CT molecular complexity index is 298. The van der Waals surface area contributed by atoms with Crippen molar-refractivity contribution >= 4 is 15.2 Å². The molecule has 20 heavy (non-hydrogen) atoms. The summed E-state index contributed by atoms with van der Waals surface area (Å²) in [5, 5.41) is 0. The third kappa shape index (κ3) is 21.5. The topological polar surface area (TPSA) is 124 Å². The molecule has 0 aliphatic heterocycles.